The number of hydrogen-bond donors (Lipinski definition) is 1. The zero-order valence-corrected chi connectivity index (χ0v) is 11.5. The van der Waals surface area contributed by atoms with E-state index < -0.39 is 10.0 Å². The van der Waals surface area contributed by atoms with Gasteiger partial charge in [0.05, 0.1) is 5.69 Å². The lowest BCUT2D eigenvalue weighted by Gasteiger charge is -2.04. The van der Waals surface area contributed by atoms with Crippen LogP contribution in [0, 0.1) is 6.92 Å². The van der Waals surface area contributed by atoms with E-state index in [0.717, 1.165) is 25.7 Å². The van der Waals surface area contributed by atoms with Crippen molar-refractivity contribution in [2.75, 3.05) is 6.54 Å². The fourth-order valence-electron chi connectivity index (χ4n) is 1.68. The molecule has 0 amide bonds. The summed E-state index contributed by atoms with van der Waals surface area (Å²) >= 11 is 0. The summed E-state index contributed by atoms with van der Waals surface area (Å²) < 4.78 is 28.0. The number of hydrogen-bond acceptors (Lipinski definition) is 3. The summed E-state index contributed by atoms with van der Waals surface area (Å²) in [6.07, 6.45) is 5.77. The standard InChI is InChI=1S/C11H21N3O2S/c1-4-5-6-7-8-12-17(15,16)11-9-14(3)13-10(11)2/h9,12H,4-8H2,1-3H3. The monoisotopic (exact) mass is 259 g/mol. The van der Waals surface area contributed by atoms with Crippen molar-refractivity contribution < 1.29 is 8.42 Å². The third kappa shape index (κ3) is 4.12. The molecule has 0 atom stereocenters. The summed E-state index contributed by atoms with van der Waals surface area (Å²) in [6.45, 7) is 4.32. The lowest BCUT2D eigenvalue weighted by Crippen LogP contribution is -2.25. The van der Waals surface area contributed by atoms with Crippen molar-refractivity contribution in [2.24, 2.45) is 7.05 Å². The molecule has 0 saturated heterocycles. The second-order valence-corrected chi connectivity index (χ2v) is 5.95. The van der Waals surface area contributed by atoms with Crippen LogP contribution in [-0.2, 0) is 17.1 Å². The molecule has 0 aromatic carbocycles. The quantitative estimate of drug-likeness (QED) is 0.756. The number of aromatic nitrogens is 2. The van der Waals surface area contributed by atoms with Crippen molar-refractivity contribution in [3.05, 3.63) is 11.9 Å². The number of sulfonamides is 1. The van der Waals surface area contributed by atoms with Gasteiger partial charge in [0.15, 0.2) is 0 Å². The first-order chi connectivity index (χ1) is 7.97. The summed E-state index contributed by atoms with van der Waals surface area (Å²) in [5.74, 6) is 0. The van der Waals surface area contributed by atoms with E-state index in [1.54, 1.807) is 14.0 Å². The molecule has 0 saturated carbocycles. The first kappa shape index (κ1) is 14.2. The Balaban J connectivity index is 2.54. The highest BCUT2D eigenvalue weighted by Gasteiger charge is 2.18. The van der Waals surface area contributed by atoms with E-state index in [4.69, 9.17) is 0 Å². The van der Waals surface area contributed by atoms with Crippen molar-refractivity contribution in [3.8, 4) is 0 Å². The van der Waals surface area contributed by atoms with Crippen LogP contribution in [0.2, 0.25) is 0 Å². The lowest BCUT2D eigenvalue weighted by molar-refractivity contribution is 0.573. The Kier molecular flexibility index (Phi) is 5.14. The van der Waals surface area contributed by atoms with Crippen LogP contribution in [0.3, 0.4) is 0 Å². The van der Waals surface area contributed by atoms with E-state index in [1.165, 1.54) is 10.9 Å². The third-order valence-electron chi connectivity index (χ3n) is 2.58. The minimum atomic E-state index is -3.39. The van der Waals surface area contributed by atoms with Crippen LogP contribution in [0.4, 0.5) is 0 Å². The largest absolute Gasteiger partial charge is 0.274 e. The van der Waals surface area contributed by atoms with Crippen molar-refractivity contribution in [3.63, 3.8) is 0 Å². The summed E-state index contributed by atoms with van der Waals surface area (Å²) in [5.41, 5.74) is 0.536. The van der Waals surface area contributed by atoms with Gasteiger partial charge in [-0.15, -0.1) is 0 Å². The molecule has 1 aromatic rings. The lowest BCUT2D eigenvalue weighted by atomic mass is 10.2. The molecule has 5 nitrogen and oxygen atoms in total. The number of unbranched alkanes of at least 4 members (excludes halogenated alkanes) is 3. The van der Waals surface area contributed by atoms with Gasteiger partial charge >= 0.3 is 0 Å². The maximum Gasteiger partial charge on any atom is 0.243 e. The first-order valence-corrected chi connectivity index (χ1v) is 7.45. The van der Waals surface area contributed by atoms with Gasteiger partial charge in [-0.25, -0.2) is 13.1 Å². The predicted molar refractivity (Wildman–Crippen MR) is 67.3 cm³/mol. The molecule has 0 bridgehead atoms. The van der Waals surface area contributed by atoms with Crippen LogP contribution < -0.4 is 4.72 Å². The Bertz CT molecular complexity index is 451. The van der Waals surface area contributed by atoms with Gasteiger partial charge in [0.1, 0.15) is 4.90 Å². The zero-order valence-electron chi connectivity index (χ0n) is 10.7. The highest BCUT2D eigenvalue weighted by molar-refractivity contribution is 7.89. The minimum Gasteiger partial charge on any atom is -0.274 e. The van der Waals surface area contributed by atoms with Gasteiger partial charge in [0.2, 0.25) is 10.0 Å². The van der Waals surface area contributed by atoms with Crippen molar-refractivity contribution in [1.82, 2.24) is 14.5 Å². The molecule has 1 N–H and O–H groups in total. The Hall–Kier alpha value is -0.880. The van der Waals surface area contributed by atoms with Crippen molar-refractivity contribution >= 4 is 10.0 Å². The highest BCUT2D eigenvalue weighted by Crippen LogP contribution is 2.12. The molecule has 0 aliphatic rings. The van der Waals surface area contributed by atoms with E-state index in [0.29, 0.717) is 12.2 Å². The van der Waals surface area contributed by atoms with Gasteiger partial charge in [0.25, 0.3) is 0 Å². The molecule has 17 heavy (non-hydrogen) atoms. The maximum atomic E-state index is 11.9. The molecule has 0 fully saturated rings. The molecule has 6 heteroatoms. The van der Waals surface area contributed by atoms with E-state index >= 15 is 0 Å². The Morgan fingerprint density at radius 3 is 2.59 bits per heavy atom. The third-order valence-corrected chi connectivity index (χ3v) is 4.14. The second-order valence-electron chi connectivity index (χ2n) is 4.21. The second kappa shape index (κ2) is 6.16. The highest BCUT2D eigenvalue weighted by atomic mass is 32.2. The molecule has 0 aliphatic carbocycles. The molecule has 98 valence electrons. The molecular formula is C11H21N3O2S. The van der Waals surface area contributed by atoms with E-state index in [2.05, 4.69) is 16.7 Å². The van der Waals surface area contributed by atoms with Gasteiger partial charge in [-0.2, -0.15) is 5.10 Å². The Labute approximate surface area is 103 Å². The smallest absolute Gasteiger partial charge is 0.243 e. The maximum absolute atomic E-state index is 11.9. The fraction of sp³-hybridized carbons (Fsp3) is 0.727. The SMILES string of the molecule is CCCCCCNS(=O)(=O)c1cn(C)nc1C. The summed E-state index contributed by atoms with van der Waals surface area (Å²) in [7, 11) is -1.68. The number of nitrogens with zero attached hydrogens (tertiary/aromatic N) is 2. The predicted octanol–water partition coefficient (Wildman–Crippen LogP) is 1.59. The fourth-order valence-corrected chi connectivity index (χ4v) is 2.97. The van der Waals surface area contributed by atoms with E-state index in [-0.39, 0.29) is 4.90 Å². The molecule has 0 radical (unpaired) electrons. The number of aryl methyl sites for hydroxylation is 2. The van der Waals surface area contributed by atoms with Crippen LogP contribution >= 0.6 is 0 Å². The molecule has 1 aromatic heterocycles. The van der Waals surface area contributed by atoms with E-state index in [1.807, 2.05) is 0 Å². The van der Waals surface area contributed by atoms with Crippen molar-refractivity contribution in [2.45, 2.75) is 44.4 Å². The average Bonchev–Trinajstić information content (AvgIpc) is 2.58. The van der Waals surface area contributed by atoms with Crippen LogP contribution in [0.15, 0.2) is 11.1 Å². The molecule has 1 heterocycles. The molecule has 0 spiro atoms. The zero-order chi connectivity index (χ0) is 12.9. The van der Waals surface area contributed by atoms with Crippen LogP contribution in [0.5, 0.6) is 0 Å². The molecular weight excluding hydrogens is 238 g/mol. The van der Waals surface area contributed by atoms with Gasteiger partial charge in [-0.3, -0.25) is 4.68 Å². The Morgan fingerprint density at radius 2 is 2.06 bits per heavy atom. The van der Waals surface area contributed by atoms with Gasteiger partial charge in [-0.1, -0.05) is 26.2 Å². The molecule has 0 aliphatic heterocycles. The summed E-state index contributed by atoms with van der Waals surface area (Å²) in [6, 6.07) is 0. The molecule has 0 unspecified atom stereocenters. The van der Waals surface area contributed by atoms with Gasteiger partial charge < -0.3 is 0 Å². The van der Waals surface area contributed by atoms with E-state index in [9.17, 15) is 8.42 Å². The average molecular weight is 259 g/mol. The first-order valence-electron chi connectivity index (χ1n) is 5.97. The topological polar surface area (TPSA) is 64.0 Å². The van der Waals surface area contributed by atoms with Crippen LogP contribution in [0.25, 0.3) is 0 Å². The van der Waals surface area contributed by atoms with Crippen LogP contribution in [0.1, 0.15) is 38.3 Å². The van der Waals surface area contributed by atoms with Gasteiger partial charge in [-0.05, 0) is 13.3 Å². The minimum absolute atomic E-state index is 0.274. The van der Waals surface area contributed by atoms with Gasteiger partial charge in [0, 0.05) is 19.8 Å². The van der Waals surface area contributed by atoms with Crippen LogP contribution in [-0.4, -0.2) is 24.7 Å². The Morgan fingerprint density at radius 1 is 1.35 bits per heavy atom. The number of nitrogens with one attached hydrogen (secondary N) is 1. The summed E-state index contributed by atoms with van der Waals surface area (Å²) in [5, 5.41) is 4.03. The number of rotatable bonds is 7. The normalized spacial score (nSPS) is 11.9. The molecule has 1 rings (SSSR count). The summed E-state index contributed by atoms with van der Waals surface area (Å²) in [4.78, 5) is 0.274. The van der Waals surface area contributed by atoms with Crippen molar-refractivity contribution in [1.29, 1.82) is 0 Å².